The predicted octanol–water partition coefficient (Wildman–Crippen LogP) is 4.17. The first-order valence-electron chi connectivity index (χ1n) is 7.30. The van der Waals surface area contributed by atoms with Gasteiger partial charge in [-0.3, -0.25) is 4.79 Å². The molecule has 2 aromatic heterocycles. The number of carbonyl (C=O) groups excluding carboxylic acids is 1. The molecule has 3 rings (SSSR count). The van der Waals surface area contributed by atoms with Crippen molar-refractivity contribution in [1.29, 1.82) is 5.26 Å². The second-order valence-electron chi connectivity index (χ2n) is 4.75. The largest absolute Gasteiger partial charge is 0.303 e. The standard InChI is InChI=1S/C17H14N4OS2/c1-2-23-17-13(11-18)15(19-16(22)14-9-6-10-24-14)20-21(17)12-7-4-3-5-8-12/h3-10H,2H2,1H3,(H,19,20,22). The monoisotopic (exact) mass is 354 g/mol. The zero-order valence-corrected chi connectivity index (χ0v) is 14.5. The molecule has 0 unspecified atom stereocenters. The number of anilines is 1. The van der Waals surface area contributed by atoms with Crippen LogP contribution in [-0.2, 0) is 0 Å². The molecule has 0 saturated heterocycles. The molecule has 0 fully saturated rings. The van der Waals surface area contributed by atoms with Gasteiger partial charge in [0, 0.05) is 0 Å². The summed E-state index contributed by atoms with van der Waals surface area (Å²) in [5.41, 5.74) is 1.23. The van der Waals surface area contributed by atoms with Crippen molar-refractivity contribution in [3.05, 3.63) is 58.3 Å². The highest BCUT2D eigenvalue weighted by Crippen LogP contribution is 2.31. The SMILES string of the molecule is CCSc1c(C#N)c(NC(=O)c2cccs2)nn1-c1ccccc1. The lowest BCUT2D eigenvalue weighted by molar-refractivity contribution is 0.103. The van der Waals surface area contributed by atoms with Crippen LogP contribution in [0.15, 0.2) is 52.9 Å². The van der Waals surface area contributed by atoms with Gasteiger partial charge in [0.25, 0.3) is 5.91 Å². The van der Waals surface area contributed by atoms with Crippen LogP contribution < -0.4 is 5.32 Å². The molecule has 24 heavy (non-hydrogen) atoms. The van der Waals surface area contributed by atoms with E-state index in [-0.39, 0.29) is 11.7 Å². The Balaban J connectivity index is 2.03. The quantitative estimate of drug-likeness (QED) is 0.698. The average Bonchev–Trinajstić information content (AvgIpc) is 3.24. The number of nitrogens with zero attached hydrogens (tertiary/aromatic N) is 3. The van der Waals surface area contributed by atoms with E-state index in [1.54, 1.807) is 10.7 Å². The summed E-state index contributed by atoms with van der Waals surface area (Å²) in [4.78, 5) is 12.9. The molecule has 1 amide bonds. The molecule has 0 bridgehead atoms. The summed E-state index contributed by atoms with van der Waals surface area (Å²) in [5, 5.41) is 19.4. The molecule has 5 nitrogen and oxygen atoms in total. The third kappa shape index (κ3) is 3.20. The molecule has 0 aliphatic rings. The van der Waals surface area contributed by atoms with Gasteiger partial charge in [-0.2, -0.15) is 5.26 Å². The molecule has 0 saturated carbocycles. The normalized spacial score (nSPS) is 10.3. The predicted molar refractivity (Wildman–Crippen MR) is 96.9 cm³/mol. The van der Waals surface area contributed by atoms with Crippen molar-refractivity contribution < 1.29 is 4.79 Å². The topological polar surface area (TPSA) is 70.7 Å². The molecule has 120 valence electrons. The van der Waals surface area contributed by atoms with Crippen LogP contribution in [0.1, 0.15) is 22.2 Å². The van der Waals surface area contributed by atoms with E-state index in [4.69, 9.17) is 0 Å². The van der Waals surface area contributed by atoms with Crippen molar-refractivity contribution in [2.75, 3.05) is 11.1 Å². The fourth-order valence-corrected chi connectivity index (χ4v) is 3.63. The molecule has 1 N–H and O–H groups in total. The Morgan fingerprint density at radius 3 is 2.75 bits per heavy atom. The first-order valence-corrected chi connectivity index (χ1v) is 9.17. The molecule has 3 aromatic rings. The molecule has 0 aliphatic carbocycles. The van der Waals surface area contributed by atoms with Gasteiger partial charge in [0.1, 0.15) is 16.7 Å². The molecule has 7 heteroatoms. The van der Waals surface area contributed by atoms with Gasteiger partial charge in [0.05, 0.1) is 10.6 Å². The van der Waals surface area contributed by atoms with Gasteiger partial charge in [-0.05, 0) is 29.3 Å². The van der Waals surface area contributed by atoms with Crippen molar-refractivity contribution in [1.82, 2.24) is 9.78 Å². The van der Waals surface area contributed by atoms with Crippen LogP contribution in [0.2, 0.25) is 0 Å². The van der Waals surface area contributed by atoms with E-state index in [1.807, 2.05) is 48.7 Å². The van der Waals surface area contributed by atoms with Crippen molar-refractivity contribution in [3.8, 4) is 11.8 Å². The Morgan fingerprint density at radius 2 is 2.12 bits per heavy atom. The number of benzene rings is 1. The Bertz CT molecular complexity index is 879. The molecular weight excluding hydrogens is 340 g/mol. The molecule has 0 atom stereocenters. The number of carbonyl (C=O) groups is 1. The van der Waals surface area contributed by atoms with Crippen molar-refractivity contribution in [2.45, 2.75) is 11.9 Å². The number of nitrogens with one attached hydrogen (secondary N) is 1. The Morgan fingerprint density at radius 1 is 1.33 bits per heavy atom. The minimum atomic E-state index is -0.257. The maximum absolute atomic E-state index is 12.3. The van der Waals surface area contributed by atoms with Gasteiger partial charge in [0.15, 0.2) is 5.82 Å². The third-order valence-corrected chi connectivity index (χ3v) is 5.02. The maximum Gasteiger partial charge on any atom is 0.266 e. The van der Waals surface area contributed by atoms with E-state index in [1.165, 1.54) is 23.1 Å². The highest BCUT2D eigenvalue weighted by Gasteiger charge is 2.21. The molecule has 2 heterocycles. The van der Waals surface area contributed by atoms with Gasteiger partial charge < -0.3 is 5.32 Å². The van der Waals surface area contributed by atoms with E-state index >= 15 is 0 Å². The first kappa shape index (κ1) is 16.3. The summed E-state index contributed by atoms with van der Waals surface area (Å²) >= 11 is 2.87. The van der Waals surface area contributed by atoms with E-state index in [9.17, 15) is 10.1 Å². The van der Waals surface area contributed by atoms with Crippen LogP contribution in [0.25, 0.3) is 5.69 Å². The van der Waals surface area contributed by atoms with Crippen molar-refractivity contribution in [2.24, 2.45) is 0 Å². The highest BCUT2D eigenvalue weighted by atomic mass is 32.2. The summed E-state index contributed by atoms with van der Waals surface area (Å²) in [5.74, 6) is 0.828. The Kier molecular flexibility index (Phi) is 4.99. The first-order chi connectivity index (χ1) is 11.7. The minimum Gasteiger partial charge on any atom is -0.303 e. The van der Waals surface area contributed by atoms with Crippen LogP contribution >= 0.6 is 23.1 Å². The van der Waals surface area contributed by atoms with E-state index in [0.717, 1.165) is 16.5 Å². The molecule has 1 aromatic carbocycles. The summed E-state index contributed by atoms with van der Waals surface area (Å²) in [6, 6.07) is 15.3. The lowest BCUT2D eigenvalue weighted by atomic mass is 10.3. The molecular formula is C17H14N4OS2. The van der Waals surface area contributed by atoms with Crippen LogP contribution in [0.4, 0.5) is 5.82 Å². The zero-order chi connectivity index (χ0) is 16.9. The molecule has 0 aliphatic heterocycles. The lowest BCUT2D eigenvalue weighted by Crippen LogP contribution is -2.11. The van der Waals surface area contributed by atoms with Gasteiger partial charge in [-0.1, -0.05) is 31.2 Å². The van der Waals surface area contributed by atoms with Gasteiger partial charge in [-0.25, -0.2) is 4.68 Å². The zero-order valence-electron chi connectivity index (χ0n) is 12.9. The van der Waals surface area contributed by atoms with Gasteiger partial charge in [0.2, 0.25) is 0 Å². The van der Waals surface area contributed by atoms with Crippen LogP contribution in [-0.4, -0.2) is 21.4 Å². The summed E-state index contributed by atoms with van der Waals surface area (Å²) in [7, 11) is 0. The number of nitriles is 1. The maximum atomic E-state index is 12.3. The van der Waals surface area contributed by atoms with Gasteiger partial charge in [-0.15, -0.1) is 28.2 Å². The van der Waals surface area contributed by atoms with Gasteiger partial charge >= 0.3 is 0 Å². The minimum absolute atomic E-state index is 0.257. The Labute approximate surface area is 147 Å². The van der Waals surface area contributed by atoms with E-state index in [0.29, 0.717) is 10.4 Å². The number of para-hydroxylation sites is 1. The summed E-state index contributed by atoms with van der Waals surface area (Å²) in [6.45, 7) is 2.01. The second kappa shape index (κ2) is 7.34. The van der Waals surface area contributed by atoms with Crippen LogP contribution in [0, 0.1) is 11.3 Å². The summed E-state index contributed by atoms with van der Waals surface area (Å²) < 4.78 is 1.71. The van der Waals surface area contributed by atoms with E-state index in [2.05, 4.69) is 16.5 Å². The average molecular weight is 354 g/mol. The fraction of sp³-hybridized carbons (Fsp3) is 0.118. The van der Waals surface area contributed by atoms with Crippen molar-refractivity contribution >= 4 is 34.8 Å². The fourth-order valence-electron chi connectivity index (χ4n) is 2.18. The second-order valence-corrected chi connectivity index (χ2v) is 6.95. The lowest BCUT2D eigenvalue weighted by Gasteiger charge is -2.05. The molecule has 0 spiro atoms. The number of hydrogen-bond acceptors (Lipinski definition) is 5. The third-order valence-electron chi connectivity index (χ3n) is 3.21. The van der Waals surface area contributed by atoms with Crippen LogP contribution in [0.5, 0.6) is 0 Å². The Hall–Kier alpha value is -2.56. The number of thiophene rings is 1. The number of rotatable bonds is 5. The number of aromatic nitrogens is 2. The summed E-state index contributed by atoms with van der Waals surface area (Å²) in [6.07, 6.45) is 0. The highest BCUT2D eigenvalue weighted by molar-refractivity contribution is 7.99. The van der Waals surface area contributed by atoms with E-state index < -0.39 is 0 Å². The number of thioether (sulfide) groups is 1. The smallest absolute Gasteiger partial charge is 0.266 e. The number of hydrogen-bond donors (Lipinski definition) is 1. The molecule has 0 radical (unpaired) electrons. The van der Waals surface area contributed by atoms with Crippen molar-refractivity contribution in [3.63, 3.8) is 0 Å². The van der Waals surface area contributed by atoms with Crippen LogP contribution in [0.3, 0.4) is 0 Å². The number of amides is 1.